The fourth-order valence-corrected chi connectivity index (χ4v) is 6.57. The van der Waals surface area contributed by atoms with Crippen LogP contribution in [0.1, 0.15) is 50.7 Å². The Labute approximate surface area is 181 Å². The van der Waals surface area contributed by atoms with Crippen molar-refractivity contribution >= 4 is 54.5 Å². The van der Waals surface area contributed by atoms with Crippen LogP contribution in [0.5, 0.6) is 0 Å². The Morgan fingerprint density at radius 3 is 1.42 bits per heavy atom. The highest BCUT2D eigenvalue weighted by molar-refractivity contribution is 9.11. The average molecular weight is 512 g/mol. The Morgan fingerprint density at radius 2 is 1.08 bits per heavy atom. The fraction of sp³-hybridized carbons (Fsp3) is 0.364. The molecule has 0 spiro atoms. The molecule has 2 aromatic heterocycles. The van der Waals surface area contributed by atoms with E-state index in [4.69, 9.17) is 0 Å². The SMILES string of the molecule is CCCCc1cc(Br)sc1-c1ccc(-c2sc(Br)cc2CCCC)cc1. The summed E-state index contributed by atoms with van der Waals surface area (Å²) in [6, 6.07) is 13.8. The predicted molar refractivity (Wildman–Crippen MR) is 126 cm³/mol. The third-order valence-corrected chi connectivity index (χ3v) is 8.03. The molecule has 0 fully saturated rings. The molecule has 0 bridgehead atoms. The van der Waals surface area contributed by atoms with Gasteiger partial charge in [0.25, 0.3) is 0 Å². The molecule has 0 saturated heterocycles. The second-order valence-electron chi connectivity index (χ2n) is 6.59. The number of benzene rings is 1. The first-order valence-corrected chi connectivity index (χ1v) is 12.5. The van der Waals surface area contributed by atoms with Crippen molar-refractivity contribution in [2.24, 2.45) is 0 Å². The quantitative estimate of drug-likeness (QED) is 0.282. The zero-order chi connectivity index (χ0) is 18.5. The maximum Gasteiger partial charge on any atom is 0.0707 e. The normalized spacial score (nSPS) is 11.2. The van der Waals surface area contributed by atoms with E-state index in [9.17, 15) is 0 Å². The van der Waals surface area contributed by atoms with Gasteiger partial charge in [0.2, 0.25) is 0 Å². The number of thiophene rings is 2. The minimum absolute atomic E-state index is 1.16. The summed E-state index contributed by atoms with van der Waals surface area (Å²) in [5.74, 6) is 0. The van der Waals surface area contributed by atoms with E-state index in [2.05, 4.69) is 82.1 Å². The van der Waals surface area contributed by atoms with Crippen molar-refractivity contribution in [3.05, 3.63) is 55.1 Å². The number of aryl methyl sites for hydroxylation is 2. The van der Waals surface area contributed by atoms with Gasteiger partial charge in [0, 0.05) is 9.75 Å². The summed E-state index contributed by atoms with van der Waals surface area (Å²) < 4.78 is 2.46. The molecule has 3 aromatic rings. The lowest BCUT2D eigenvalue weighted by Crippen LogP contribution is -1.87. The van der Waals surface area contributed by atoms with E-state index in [0.29, 0.717) is 0 Å². The van der Waals surface area contributed by atoms with Gasteiger partial charge in [0.15, 0.2) is 0 Å². The average Bonchev–Trinajstić information content (AvgIpc) is 3.20. The molecule has 2 heterocycles. The molecule has 0 amide bonds. The van der Waals surface area contributed by atoms with Crippen molar-refractivity contribution in [2.45, 2.75) is 52.4 Å². The van der Waals surface area contributed by atoms with Crippen LogP contribution in [0.4, 0.5) is 0 Å². The van der Waals surface area contributed by atoms with Crippen LogP contribution in [-0.2, 0) is 12.8 Å². The van der Waals surface area contributed by atoms with Crippen LogP contribution in [0, 0.1) is 0 Å². The van der Waals surface area contributed by atoms with Crippen molar-refractivity contribution in [1.29, 1.82) is 0 Å². The number of hydrogen-bond donors (Lipinski definition) is 0. The lowest BCUT2D eigenvalue weighted by atomic mass is 10.0. The Morgan fingerprint density at radius 1 is 0.692 bits per heavy atom. The Bertz CT molecular complexity index is 772. The monoisotopic (exact) mass is 510 g/mol. The Kier molecular flexibility index (Phi) is 7.56. The molecule has 4 heteroatoms. The zero-order valence-electron chi connectivity index (χ0n) is 15.3. The highest BCUT2D eigenvalue weighted by Gasteiger charge is 2.13. The lowest BCUT2D eigenvalue weighted by Gasteiger charge is -2.07. The zero-order valence-corrected chi connectivity index (χ0v) is 20.1. The number of unbranched alkanes of at least 4 members (excludes halogenated alkanes) is 2. The molecule has 138 valence electrons. The van der Waals surface area contributed by atoms with Crippen molar-refractivity contribution in [1.82, 2.24) is 0 Å². The lowest BCUT2D eigenvalue weighted by molar-refractivity contribution is 0.798. The number of rotatable bonds is 8. The molecule has 0 aliphatic rings. The van der Waals surface area contributed by atoms with Gasteiger partial charge in [-0.2, -0.15) is 0 Å². The fourth-order valence-electron chi connectivity index (χ4n) is 3.16. The maximum atomic E-state index is 3.67. The molecular weight excluding hydrogens is 488 g/mol. The summed E-state index contributed by atoms with van der Waals surface area (Å²) in [6.45, 7) is 4.51. The molecule has 0 N–H and O–H groups in total. The molecule has 1 aromatic carbocycles. The minimum atomic E-state index is 1.16. The predicted octanol–water partition coefficient (Wildman–Crippen LogP) is 9.35. The first-order chi connectivity index (χ1) is 12.6. The highest BCUT2D eigenvalue weighted by Crippen LogP contribution is 2.40. The van der Waals surface area contributed by atoms with Crippen LogP contribution in [0.2, 0.25) is 0 Å². The van der Waals surface area contributed by atoms with E-state index < -0.39 is 0 Å². The first kappa shape index (κ1) is 20.3. The van der Waals surface area contributed by atoms with Gasteiger partial charge in [-0.1, -0.05) is 51.0 Å². The summed E-state index contributed by atoms with van der Waals surface area (Å²) in [7, 11) is 0. The van der Waals surface area contributed by atoms with Crippen LogP contribution in [0.15, 0.2) is 44.0 Å². The van der Waals surface area contributed by atoms with Gasteiger partial charge < -0.3 is 0 Å². The number of hydrogen-bond acceptors (Lipinski definition) is 2. The van der Waals surface area contributed by atoms with Crippen LogP contribution in [0.25, 0.3) is 20.9 Å². The van der Waals surface area contributed by atoms with Crippen LogP contribution >= 0.6 is 54.5 Å². The Balaban J connectivity index is 1.88. The standard InChI is InChI=1S/C22H24Br2S2/c1-3-5-7-17-13-19(23)25-21(17)15-9-11-16(12-10-15)22-18(8-6-4-2)14-20(24)26-22/h9-14H,3-8H2,1-2H3. The molecule has 26 heavy (non-hydrogen) atoms. The van der Waals surface area contributed by atoms with Gasteiger partial charge in [-0.25, -0.2) is 0 Å². The second-order valence-corrected chi connectivity index (χ2v) is 11.5. The van der Waals surface area contributed by atoms with E-state index in [1.165, 1.54) is 65.3 Å². The summed E-state index contributed by atoms with van der Waals surface area (Å²) >= 11 is 11.0. The largest absolute Gasteiger partial charge is 0.128 e. The molecule has 0 radical (unpaired) electrons. The third-order valence-electron chi connectivity index (χ3n) is 4.57. The van der Waals surface area contributed by atoms with E-state index in [1.807, 2.05) is 22.7 Å². The van der Waals surface area contributed by atoms with Gasteiger partial charge in [-0.05, 0) is 91.9 Å². The van der Waals surface area contributed by atoms with Crippen molar-refractivity contribution < 1.29 is 0 Å². The summed E-state index contributed by atoms with van der Waals surface area (Å²) in [6.07, 6.45) is 7.29. The maximum absolute atomic E-state index is 3.67. The molecule has 3 rings (SSSR count). The van der Waals surface area contributed by atoms with Crippen LogP contribution in [0.3, 0.4) is 0 Å². The summed E-state index contributed by atoms with van der Waals surface area (Å²) in [5, 5.41) is 0. The van der Waals surface area contributed by atoms with Crippen LogP contribution < -0.4 is 0 Å². The first-order valence-electron chi connectivity index (χ1n) is 9.29. The van der Waals surface area contributed by atoms with E-state index >= 15 is 0 Å². The summed E-state index contributed by atoms with van der Waals surface area (Å²) in [4.78, 5) is 2.82. The van der Waals surface area contributed by atoms with E-state index in [1.54, 1.807) is 0 Å². The van der Waals surface area contributed by atoms with Crippen molar-refractivity contribution in [2.75, 3.05) is 0 Å². The topological polar surface area (TPSA) is 0 Å². The smallest absolute Gasteiger partial charge is 0.0707 e. The summed E-state index contributed by atoms with van der Waals surface area (Å²) in [5.41, 5.74) is 5.61. The van der Waals surface area contributed by atoms with E-state index in [0.717, 1.165) is 12.8 Å². The van der Waals surface area contributed by atoms with Gasteiger partial charge in [-0.15, -0.1) is 22.7 Å². The molecule has 0 aliphatic carbocycles. The van der Waals surface area contributed by atoms with Gasteiger partial charge >= 0.3 is 0 Å². The number of halogens is 2. The van der Waals surface area contributed by atoms with E-state index in [-0.39, 0.29) is 0 Å². The molecule has 0 unspecified atom stereocenters. The highest BCUT2D eigenvalue weighted by atomic mass is 79.9. The van der Waals surface area contributed by atoms with Crippen molar-refractivity contribution in [3.8, 4) is 20.9 Å². The molecule has 0 nitrogen and oxygen atoms in total. The molecular formula is C22H24Br2S2. The molecule has 0 aliphatic heterocycles. The Hall–Kier alpha value is -0.420. The molecule has 0 atom stereocenters. The molecule has 0 saturated carbocycles. The van der Waals surface area contributed by atoms with Gasteiger partial charge in [0.1, 0.15) is 0 Å². The van der Waals surface area contributed by atoms with Gasteiger partial charge in [0.05, 0.1) is 7.57 Å². The van der Waals surface area contributed by atoms with Crippen molar-refractivity contribution in [3.63, 3.8) is 0 Å². The van der Waals surface area contributed by atoms with Gasteiger partial charge in [-0.3, -0.25) is 0 Å². The third kappa shape index (κ3) is 4.89. The minimum Gasteiger partial charge on any atom is -0.128 e. The second kappa shape index (κ2) is 9.68. The van der Waals surface area contributed by atoms with Crippen LogP contribution in [-0.4, -0.2) is 0 Å².